The van der Waals surface area contributed by atoms with Gasteiger partial charge in [0, 0.05) is 44.4 Å². The standard InChI is InChI=1S/C18H22N6O2/c1-3-24-15(6-8-20-24)17-13(7-9-26-17)11-19-18(25)12-4-5-14-16(10-12)23(2)22-21-14/h4-6,8,10,13,17H,3,7,9,11H2,1-2H3,(H,19,25)/t13-,17+/m0/s1. The first-order chi connectivity index (χ1) is 12.7. The summed E-state index contributed by atoms with van der Waals surface area (Å²) in [6.45, 7) is 4.14. The summed E-state index contributed by atoms with van der Waals surface area (Å²) < 4.78 is 9.54. The van der Waals surface area contributed by atoms with E-state index in [1.54, 1.807) is 16.9 Å². The molecule has 0 spiro atoms. The Hall–Kier alpha value is -2.74. The summed E-state index contributed by atoms with van der Waals surface area (Å²) >= 11 is 0. The van der Waals surface area contributed by atoms with Gasteiger partial charge in [-0.3, -0.25) is 9.48 Å². The van der Waals surface area contributed by atoms with E-state index in [9.17, 15) is 4.79 Å². The second-order valence-corrected chi connectivity index (χ2v) is 6.54. The van der Waals surface area contributed by atoms with Crippen molar-refractivity contribution in [3.8, 4) is 0 Å². The molecule has 0 saturated carbocycles. The van der Waals surface area contributed by atoms with Gasteiger partial charge in [-0.15, -0.1) is 5.10 Å². The topological polar surface area (TPSA) is 86.9 Å². The lowest BCUT2D eigenvalue weighted by molar-refractivity contribution is 0.0795. The lowest BCUT2D eigenvalue weighted by atomic mass is 9.98. The number of hydrogen-bond acceptors (Lipinski definition) is 5. The molecule has 1 fully saturated rings. The van der Waals surface area contributed by atoms with Crippen LogP contribution in [0.3, 0.4) is 0 Å². The number of ether oxygens (including phenoxy) is 1. The molecule has 3 heterocycles. The SMILES string of the molecule is CCn1nccc1[C@@H]1OCC[C@H]1CNC(=O)c1ccc2nnn(C)c2c1. The van der Waals surface area contributed by atoms with Crippen LogP contribution < -0.4 is 5.32 Å². The Bertz CT molecular complexity index is 931. The molecule has 4 rings (SSSR count). The fourth-order valence-corrected chi connectivity index (χ4v) is 3.52. The maximum atomic E-state index is 12.6. The van der Waals surface area contributed by atoms with Crippen molar-refractivity contribution >= 4 is 16.9 Å². The average Bonchev–Trinajstić information content (AvgIpc) is 3.38. The quantitative estimate of drug-likeness (QED) is 0.753. The van der Waals surface area contributed by atoms with Crippen LogP contribution in [0.4, 0.5) is 0 Å². The molecular weight excluding hydrogens is 332 g/mol. The lowest BCUT2D eigenvalue weighted by Gasteiger charge is -2.20. The Morgan fingerprint density at radius 2 is 2.27 bits per heavy atom. The van der Waals surface area contributed by atoms with Crippen LogP contribution in [0.25, 0.3) is 11.0 Å². The van der Waals surface area contributed by atoms with Gasteiger partial charge in [0.2, 0.25) is 0 Å². The van der Waals surface area contributed by atoms with E-state index in [0.717, 1.165) is 29.7 Å². The molecule has 8 nitrogen and oxygen atoms in total. The van der Waals surface area contributed by atoms with Crippen molar-refractivity contribution in [2.75, 3.05) is 13.2 Å². The van der Waals surface area contributed by atoms with Gasteiger partial charge < -0.3 is 10.1 Å². The van der Waals surface area contributed by atoms with E-state index in [1.165, 1.54) is 0 Å². The molecule has 3 aromatic rings. The van der Waals surface area contributed by atoms with Crippen molar-refractivity contribution in [1.82, 2.24) is 30.1 Å². The highest BCUT2D eigenvalue weighted by Crippen LogP contribution is 2.34. The summed E-state index contributed by atoms with van der Waals surface area (Å²) in [4.78, 5) is 12.6. The zero-order chi connectivity index (χ0) is 18.1. The molecule has 1 saturated heterocycles. The highest BCUT2D eigenvalue weighted by atomic mass is 16.5. The summed E-state index contributed by atoms with van der Waals surface area (Å²) in [5.41, 5.74) is 3.30. The molecule has 2 aromatic heterocycles. The Kier molecular flexibility index (Phi) is 4.42. The first kappa shape index (κ1) is 16.7. The summed E-state index contributed by atoms with van der Waals surface area (Å²) in [5, 5.41) is 15.4. The zero-order valence-electron chi connectivity index (χ0n) is 14.9. The van der Waals surface area contributed by atoms with Gasteiger partial charge >= 0.3 is 0 Å². The van der Waals surface area contributed by atoms with Crippen LogP contribution in [0.2, 0.25) is 0 Å². The summed E-state index contributed by atoms with van der Waals surface area (Å²) in [7, 11) is 1.81. The molecule has 136 valence electrons. The predicted octanol–water partition coefficient (Wildman–Crippen LogP) is 1.69. The Morgan fingerprint density at radius 1 is 1.38 bits per heavy atom. The van der Waals surface area contributed by atoms with Gasteiger partial charge in [0.15, 0.2) is 0 Å². The van der Waals surface area contributed by atoms with Gasteiger partial charge in [-0.25, -0.2) is 4.68 Å². The van der Waals surface area contributed by atoms with Crippen LogP contribution in [-0.4, -0.2) is 43.8 Å². The average molecular weight is 354 g/mol. The number of carbonyl (C=O) groups excluding carboxylic acids is 1. The Balaban J connectivity index is 1.45. The summed E-state index contributed by atoms with van der Waals surface area (Å²) in [6.07, 6.45) is 2.69. The van der Waals surface area contributed by atoms with E-state index in [-0.39, 0.29) is 17.9 Å². The van der Waals surface area contributed by atoms with Crippen LogP contribution in [0.15, 0.2) is 30.5 Å². The number of benzene rings is 1. The van der Waals surface area contributed by atoms with Crippen LogP contribution in [0, 0.1) is 5.92 Å². The zero-order valence-corrected chi connectivity index (χ0v) is 14.9. The number of amides is 1. The number of carbonyl (C=O) groups is 1. The maximum absolute atomic E-state index is 12.6. The van der Waals surface area contributed by atoms with Crippen molar-refractivity contribution < 1.29 is 9.53 Å². The van der Waals surface area contributed by atoms with Gasteiger partial charge in [0.1, 0.15) is 11.6 Å². The smallest absolute Gasteiger partial charge is 0.251 e. The largest absolute Gasteiger partial charge is 0.372 e. The number of nitrogens with zero attached hydrogens (tertiary/aromatic N) is 5. The molecule has 8 heteroatoms. The van der Waals surface area contributed by atoms with E-state index in [1.807, 2.05) is 29.9 Å². The molecule has 2 atom stereocenters. The molecule has 1 aromatic carbocycles. The highest BCUT2D eigenvalue weighted by Gasteiger charge is 2.32. The molecule has 1 aliphatic heterocycles. The van der Waals surface area contributed by atoms with Gasteiger partial charge in [-0.1, -0.05) is 5.21 Å². The highest BCUT2D eigenvalue weighted by molar-refractivity contribution is 5.97. The molecule has 1 aliphatic rings. The normalized spacial score (nSPS) is 19.9. The van der Waals surface area contributed by atoms with Crippen molar-refractivity contribution in [3.05, 3.63) is 41.7 Å². The second-order valence-electron chi connectivity index (χ2n) is 6.54. The number of fused-ring (bicyclic) bond motifs is 1. The number of rotatable bonds is 5. The monoisotopic (exact) mass is 354 g/mol. The molecule has 1 amide bonds. The van der Waals surface area contributed by atoms with E-state index in [4.69, 9.17) is 4.74 Å². The predicted molar refractivity (Wildman–Crippen MR) is 95.5 cm³/mol. The lowest BCUT2D eigenvalue weighted by Crippen LogP contribution is -2.31. The Morgan fingerprint density at radius 3 is 3.12 bits per heavy atom. The van der Waals surface area contributed by atoms with Crippen LogP contribution in [0.5, 0.6) is 0 Å². The number of aromatic nitrogens is 5. The maximum Gasteiger partial charge on any atom is 0.251 e. The van der Waals surface area contributed by atoms with E-state index >= 15 is 0 Å². The summed E-state index contributed by atoms with van der Waals surface area (Å²) in [5.74, 6) is 0.144. The van der Waals surface area contributed by atoms with E-state index in [2.05, 4.69) is 27.7 Å². The van der Waals surface area contributed by atoms with Crippen LogP contribution >= 0.6 is 0 Å². The van der Waals surface area contributed by atoms with Crippen molar-refractivity contribution in [1.29, 1.82) is 0 Å². The number of hydrogen-bond donors (Lipinski definition) is 1. The molecular formula is C18H22N6O2. The molecule has 0 bridgehead atoms. The van der Waals surface area contributed by atoms with Crippen molar-refractivity contribution in [2.45, 2.75) is 26.0 Å². The minimum Gasteiger partial charge on any atom is -0.372 e. The van der Waals surface area contributed by atoms with E-state index in [0.29, 0.717) is 18.7 Å². The minimum atomic E-state index is -0.0947. The molecule has 0 aliphatic carbocycles. The van der Waals surface area contributed by atoms with E-state index < -0.39 is 0 Å². The second kappa shape index (κ2) is 6.87. The first-order valence-electron chi connectivity index (χ1n) is 8.88. The minimum absolute atomic E-state index is 0.0264. The molecule has 26 heavy (non-hydrogen) atoms. The third-order valence-corrected chi connectivity index (χ3v) is 4.95. The first-order valence-corrected chi connectivity index (χ1v) is 8.88. The third-order valence-electron chi connectivity index (χ3n) is 4.95. The molecule has 0 unspecified atom stereocenters. The van der Waals surface area contributed by atoms with Crippen molar-refractivity contribution in [3.63, 3.8) is 0 Å². The van der Waals surface area contributed by atoms with Crippen LogP contribution in [-0.2, 0) is 18.3 Å². The van der Waals surface area contributed by atoms with Crippen LogP contribution in [0.1, 0.15) is 35.5 Å². The van der Waals surface area contributed by atoms with Gasteiger partial charge in [0.25, 0.3) is 5.91 Å². The third kappa shape index (κ3) is 2.96. The fourth-order valence-electron chi connectivity index (χ4n) is 3.52. The fraction of sp³-hybridized carbons (Fsp3) is 0.444. The molecule has 1 N–H and O–H groups in total. The number of aryl methyl sites for hydroxylation is 2. The molecule has 0 radical (unpaired) electrons. The summed E-state index contributed by atoms with van der Waals surface area (Å²) in [6, 6.07) is 7.41. The Labute approximate surface area is 151 Å². The van der Waals surface area contributed by atoms with Crippen molar-refractivity contribution in [2.24, 2.45) is 13.0 Å². The number of nitrogens with one attached hydrogen (secondary N) is 1. The van der Waals surface area contributed by atoms with Gasteiger partial charge in [0.05, 0.1) is 11.2 Å². The van der Waals surface area contributed by atoms with Gasteiger partial charge in [-0.05, 0) is 37.6 Å². The van der Waals surface area contributed by atoms with Gasteiger partial charge in [-0.2, -0.15) is 5.10 Å².